The third kappa shape index (κ3) is 1.27. The number of nitrogens with zero attached hydrogens (tertiary/aromatic N) is 2. The molecule has 0 saturated carbocycles. The van der Waals surface area contributed by atoms with Crippen molar-refractivity contribution in [3.63, 3.8) is 0 Å². The maximum absolute atomic E-state index is 8.95. The number of para-hydroxylation sites is 1. The Kier molecular flexibility index (Phi) is 2.24. The third-order valence-electron chi connectivity index (χ3n) is 2.61. The minimum absolute atomic E-state index is 0.196. The number of anilines is 1. The van der Waals surface area contributed by atoms with Gasteiger partial charge in [0.25, 0.3) is 0 Å². The van der Waals surface area contributed by atoms with Gasteiger partial charge in [-0.05, 0) is 18.1 Å². The van der Waals surface area contributed by atoms with Gasteiger partial charge in [-0.1, -0.05) is 30.9 Å². The molecule has 0 aromatic heterocycles. The lowest BCUT2D eigenvalue weighted by Gasteiger charge is -2.22. The Labute approximate surface area is 84.1 Å². The highest BCUT2D eigenvalue weighted by atomic mass is 15.2. The van der Waals surface area contributed by atoms with E-state index in [4.69, 9.17) is 5.26 Å². The maximum atomic E-state index is 8.95. The van der Waals surface area contributed by atoms with E-state index in [1.807, 2.05) is 12.1 Å². The van der Waals surface area contributed by atoms with Crippen LogP contribution in [0.15, 0.2) is 36.9 Å². The Morgan fingerprint density at radius 2 is 2.29 bits per heavy atom. The molecule has 2 nitrogen and oxygen atoms in total. The van der Waals surface area contributed by atoms with E-state index in [0.29, 0.717) is 0 Å². The van der Waals surface area contributed by atoms with E-state index in [0.717, 1.165) is 13.0 Å². The predicted molar refractivity (Wildman–Crippen MR) is 57.1 cm³/mol. The summed E-state index contributed by atoms with van der Waals surface area (Å²) in [4.78, 5) is 2.10. The number of nitriles is 1. The van der Waals surface area contributed by atoms with Gasteiger partial charge in [-0.15, -0.1) is 0 Å². The minimum atomic E-state index is -0.196. The van der Waals surface area contributed by atoms with Crippen LogP contribution < -0.4 is 4.90 Å². The second-order valence-electron chi connectivity index (χ2n) is 3.38. The molecule has 1 aliphatic rings. The Hall–Kier alpha value is -1.75. The smallest absolute Gasteiger partial charge is 0.135 e. The van der Waals surface area contributed by atoms with Crippen LogP contribution in [0.3, 0.4) is 0 Å². The summed E-state index contributed by atoms with van der Waals surface area (Å²) in [6.07, 6.45) is 2.73. The molecular weight excluding hydrogens is 172 g/mol. The Bertz CT molecular complexity index is 390. The average Bonchev–Trinajstić information content (AvgIpc) is 2.65. The van der Waals surface area contributed by atoms with Gasteiger partial charge in [0.15, 0.2) is 0 Å². The molecule has 0 spiro atoms. The fourth-order valence-corrected chi connectivity index (χ4v) is 1.90. The normalized spacial score (nSPS) is 15.8. The largest absolute Gasteiger partial charge is 0.352 e. The molecular formula is C12H12N2. The molecule has 70 valence electrons. The molecule has 0 N–H and O–H groups in total. The van der Waals surface area contributed by atoms with Gasteiger partial charge >= 0.3 is 0 Å². The summed E-state index contributed by atoms with van der Waals surface area (Å²) in [7, 11) is 0. The summed E-state index contributed by atoms with van der Waals surface area (Å²) >= 11 is 0. The quantitative estimate of drug-likeness (QED) is 0.658. The Morgan fingerprint density at radius 1 is 1.50 bits per heavy atom. The number of rotatable bonds is 2. The van der Waals surface area contributed by atoms with Gasteiger partial charge in [-0.3, -0.25) is 0 Å². The first-order valence-electron chi connectivity index (χ1n) is 4.73. The lowest BCUT2D eigenvalue weighted by atomic mass is 10.2. The van der Waals surface area contributed by atoms with Crippen molar-refractivity contribution in [2.45, 2.75) is 12.5 Å². The first-order valence-corrected chi connectivity index (χ1v) is 4.73. The van der Waals surface area contributed by atoms with E-state index in [9.17, 15) is 0 Å². The van der Waals surface area contributed by atoms with Crippen LogP contribution in [0.25, 0.3) is 0 Å². The van der Waals surface area contributed by atoms with E-state index in [2.05, 4.69) is 29.7 Å². The summed E-state index contributed by atoms with van der Waals surface area (Å²) < 4.78 is 0. The lowest BCUT2D eigenvalue weighted by Crippen LogP contribution is -2.30. The number of benzene rings is 1. The van der Waals surface area contributed by atoms with Crippen molar-refractivity contribution >= 4 is 5.69 Å². The van der Waals surface area contributed by atoms with Gasteiger partial charge < -0.3 is 4.90 Å². The van der Waals surface area contributed by atoms with Crippen molar-refractivity contribution in [1.29, 1.82) is 5.26 Å². The standard InChI is InChI=1S/C12H12N2/c1-2-11(9-13)14-8-7-10-5-3-4-6-12(10)14/h2-6,11H,1,7-8H2. The van der Waals surface area contributed by atoms with Gasteiger partial charge in [0.1, 0.15) is 6.04 Å². The molecule has 0 bridgehead atoms. The monoisotopic (exact) mass is 184 g/mol. The van der Waals surface area contributed by atoms with Crippen LogP contribution in [0.1, 0.15) is 5.56 Å². The number of hydrogen-bond acceptors (Lipinski definition) is 2. The molecule has 1 aliphatic heterocycles. The van der Waals surface area contributed by atoms with Crippen molar-refractivity contribution in [2.24, 2.45) is 0 Å². The number of hydrogen-bond donors (Lipinski definition) is 0. The molecule has 1 atom stereocenters. The summed E-state index contributed by atoms with van der Waals surface area (Å²) in [6, 6.07) is 10.3. The molecule has 0 saturated heterocycles. The van der Waals surface area contributed by atoms with Gasteiger partial charge in [0.05, 0.1) is 6.07 Å². The molecule has 1 unspecified atom stereocenters. The van der Waals surface area contributed by atoms with Crippen molar-refractivity contribution < 1.29 is 0 Å². The zero-order valence-electron chi connectivity index (χ0n) is 7.98. The fraction of sp³-hybridized carbons (Fsp3) is 0.250. The molecule has 0 aliphatic carbocycles. The first-order chi connectivity index (χ1) is 6.86. The van der Waals surface area contributed by atoms with Crippen LogP contribution >= 0.6 is 0 Å². The van der Waals surface area contributed by atoms with E-state index in [1.54, 1.807) is 6.08 Å². The van der Waals surface area contributed by atoms with Crippen LogP contribution in [0.4, 0.5) is 5.69 Å². The SMILES string of the molecule is C=CC(C#N)N1CCc2ccccc21. The minimum Gasteiger partial charge on any atom is -0.352 e. The molecule has 0 fully saturated rings. The highest BCUT2D eigenvalue weighted by molar-refractivity contribution is 5.60. The Morgan fingerprint density at radius 3 is 3.00 bits per heavy atom. The van der Waals surface area contributed by atoms with Gasteiger partial charge in [0.2, 0.25) is 0 Å². The van der Waals surface area contributed by atoms with E-state index >= 15 is 0 Å². The predicted octanol–water partition coefficient (Wildman–Crippen LogP) is 2.13. The second-order valence-corrected chi connectivity index (χ2v) is 3.38. The number of fused-ring (bicyclic) bond motifs is 1. The van der Waals surface area contributed by atoms with Crippen molar-refractivity contribution in [3.8, 4) is 6.07 Å². The molecule has 1 aromatic carbocycles. The lowest BCUT2D eigenvalue weighted by molar-refractivity contribution is 0.825. The summed E-state index contributed by atoms with van der Waals surface area (Å²) in [6.45, 7) is 4.61. The summed E-state index contributed by atoms with van der Waals surface area (Å²) in [5.41, 5.74) is 2.51. The zero-order chi connectivity index (χ0) is 9.97. The molecule has 2 rings (SSSR count). The highest BCUT2D eigenvalue weighted by Crippen LogP contribution is 2.29. The van der Waals surface area contributed by atoms with Crippen molar-refractivity contribution in [1.82, 2.24) is 0 Å². The van der Waals surface area contributed by atoms with Crippen LogP contribution in [-0.2, 0) is 6.42 Å². The summed E-state index contributed by atoms with van der Waals surface area (Å²) in [5, 5.41) is 8.95. The molecule has 1 heterocycles. The molecule has 14 heavy (non-hydrogen) atoms. The van der Waals surface area contributed by atoms with Crippen LogP contribution in [0.5, 0.6) is 0 Å². The molecule has 0 amide bonds. The van der Waals surface area contributed by atoms with Gasteiger partial charge in [0, 0.05) is 12.2 Å². The second kappa shape index (κ2) is 3.55. The van der Waals surface area contributed by atoms with Crippen LogP contribution in [-0.4, -0.2) is 12.6 Å². The Balaban J connectivity index is 2.35. The molecule has 0 radical (unpaired) electrons. The van der Waals surface area contributed by atoms with Crippen LogP contribution in [0, 0.1) is 11.3 Å². The molecule has 2 heteroatoms. The first kappa shape index (κ1) is 8.83. The highest BCUT2D eigenvalue weighted by Gasteiger charge is 2.23. The maximum Gasteiger partial charge on any atom is 0.135 e. The van der Waals surface area contributed by atoms with E-state index in [-0.39, 0.29) is 6.04 Å². The molecule has 1 aromatic rings. The summed E-state index contributed by atoms with van der Waals surface area (Å²) in [5.74, 6) is 0. The van der Waals surface area contributed by atoms with Crippen molar-refractivity contribution in [3.05, 3.63) is 42.5 Å². The average molecular weight is 184 g/mol. The van der Waals surface area contributed by atoms with Gasteiger partial charge in [-0.2, -0.15) is 5.26 Å². The fourth-order valence-electron chi connectivity index (χ4n) is 1.90. The third-order valence-corrected chi connectivity index (χ3v) is 2.61. The van der Waals surface area contributed by atoms with E-state index < -0.39 is 0 Å². The van der Waals surface area contributed by atoms with Gasteiger partial charge in [-0.25, -0.2) is 0 Å². The van der Waals surface area contributed by atoms with Crippen LogP contribution in [0.2, 0.25) is 0 Å². The van der Waals surface area contributed by atoms with Crippen molar-refractivity contribution in [2.75, 3.05) is 11.4 Å². The topological polar surface area (TPSA) is 27.0 Å². The van der Waals surface area contributed by atoms with E-state index in [1.165, 1.54) is 11.3 Å². The zero-order valence-corrected chi connectivity index (χ0v) is 7.98.